The van der Waals surface area contributed by atoms with Crippen LogP contribution in [0.4, 0.5) is 13.2 Å². The molecular formula is C19H19F3N2O4. The minimum absolute atomic E-state index is 0.0129. The number of amides is 1. The van der Waals surface area contributed by atoms with Crippen LogP contribution in [0.1, 0.15) is 36.2 Å². The van der Waals surface area contributed by atoms with E-state index >= 15 is 0 Å². The lowest BCUT2D eigenvalue weighted by Gasteiger charge is -2.18. The average Bonchev–Trinajstić information content (AvgIpc) is 2.61. The molecule has 0 bridgehead atoms. The second-order valence-corrected chi connectivity index (χ2v) is 6.70. The maximum atomic E-state index is 12.5. The summed E-state index contributed by atoms with van der Waals surface area (Å²) in [6.07, 6.45) is -3.52. The van der Waals surface area contributed by atoms with E-state index < -0.39 is 23.1 Å². The zero-order valence-electron chi connectivity index (χ0n) is 15.2. The van der Waals surface area contributed by atoms with Crippen molar-refractivity contribution >= 4 is 11.9 Å². The van der Waals surface area contributed by atoms with Gasteiger partial charge in [0.1, 0.15) is 5.75 Å². The van der Waals surface area contributed by atoms with Crippen LogP contribution in [0.5, 0.6) is 11.6 Å². The molecule has 1 amide bonds. The molecule has 0 saturated carbocycles. The summed E-state index contributed by atoms with van der Waals surface area (Å²) in [5, 5.41) is 11.7. The van der Waals surface area contributed by atoms with Crippen LogP contribution in [0.25, 0.3) is 0 Å². The number of aliphatic carboxylic acids is 1. The standard InChI is InChI=1S/C19H19F3N2O4/c1-18(2,17(26)27)9-10-23-16(25)12-3-6-14(7-4-12)28-15-8-5-13(11-24-15)19(20,21)22/h3-8,11H,9-10H2,1-2H3,(H,23,25)(H,26,27). The van der Waals surface area contributed by atoms with Gasteiger partial charge in [-0.05, 0) is 50.6 Å². The van der Waals surface area contributed by atoms with Crippen molar-refractivity contribution in [3.63, 3.8) is 0 Å². The number of aromatic nitrogens is 1. The molecule has 9 heteroatoms. The summed E-state index contributed by atoms with van der Waals surface area (Å²) in [5.41, 5.74) is -1.49. The minimum Gasteiger partial charge on any atom is -0.481 e. The number of carbonyl (C=O) groups excluding carboxylic acids is 1. The Morgan fingerprint density at radius 1 is 1.11 bits per heavy atom. The number of ether oxygens (including phenoxy) is 1. The van der Waals surface area contributed by atoms with Crippen LogP contribution in [0.3, 0.4) is 0 Å². The molecule has 0 atom stereocenters. The topological polar surface area (TPSA) is 88.5 Å². The molecule has 150 valence electrons. The molecule has 2 N–H and O–H groups in total. The second kappa shape index (κ2) is 8.28. The van der Waals surface area contributed by atoms with Crippen molar-refractivity contribution in [2.75, 3.05) is 6.54 Å². The fraction of sp³-hybridized carbons (Fsp3) is 0.316. The van der Waals surface area contributed by atoms with Crippen LogP contribution in [-0.4, -0.2) is 28.5 Å². The molecule has 0 spiro atoms. The SMILES string of the molecule is CC(C)(CCNC(=O)c1ccc(Oc2ccc(C(F)(F)F)cn2)cc1)C(=O)O. The van der Waals surface area contributed by atoms with Crippen LogP contribution in [0.2, 0.25) is 0 Å². The van der Waals surface area contributed by atoms with Gasteiger partial charge in [0.2, 0.25) is 5.88 Å². The van der Waals surface area contributed by atoms with Gasteiger partial charge >= 0.3 is 12.1 Å². The van der Waals surface area contributed by atoms with E-state index in [9.17, 15) is 22.8 Å². The summed E-state index contributed by atoms with van der Waals surface area (Å²) in [6.45, 7) is 3.34. The number of carboxylic acids is 1. The van der Waals surface area contributed by atoms with Crippen molar-refractivity contribution in [2.24, 2.45) is 5.41 Å². The minimum atomic E-state index is -4.47. The van der Waals surface area contributed by atoms with E-state index in [0.717, 1.165) is 12.1 Å². The summed E-state index contributed by atoms with van der Waals surface area (Å²) >= 11 is 0. The van der Waals surface area contributed by atoms with Gasteiger partial charge in [-0.15, -0.1) is 0 Å². The summed E-state index contributed by atoms with van der Waals surface area (Å²) in [5.74, 6) is -1.03. The highest BCUT2D eigenvalue weighted by molar-refractivity contribution is 5.94. The van der Waals surface area contributed by atoms with E-state index in [1.165, 1.54) is 24.3 Å². The quantitative estimate of drug-likeness (QED) is 0.735. The Balaban J connectivity index is 1.92. The number of benzene rings is 1. The monoisotopic (exact) mass is 396 g/mol. The van der Waals surface area contributed by atoms with E-state index in [4.69, 9.17) is 9.84 Å². The van der Waals surface area contributed by atoms with Crippen molar-refractivity contribution in [1.29, 1.82) is 0 Å². The van der Waals surface area contributed by atoms with E-state index in [-0.39, 0.29) is 24.8 Å². The highest BCUT2D eigenvalue weighted by Crippen LogP contribution is 2.30. The number of carbonyl (C=O) groups is 2. The summed E-state index contributed by atoms with van der Waals surface area (Å²) in [6, 6.07) is 7.90. The van der Waals surface area contributed by atoms with Crippen LogP contribution < -0.4 is 10.1 Å². The Labute approximate surface area is 159 Å². The Morgan fingerprint density at radius 3 is 2.25 bits per heavy atom. The van der Waals surface area contributed by atoms with Crippen LogP contribution in [-0.2, 0) is 11.0 Å². The third kappa shape index (κ3) is 5.70. The summed E-state index contributed by atoms with van der Waals surface area (Å²) in [7, 11) is 0. The van der Waals surface area contributed by atoms with E-state index in [0.29, 0.717) is 17.5 Å². The summed E-state index contributed by atoms with van der Waals surface area (Å²) in [4.78, 5) is 26.7. The predicted octanol–water partition coefficient (Wildman–Crippen LogP) is 4.12. The first-order chi connectivity index (χ1) is 13.0. The van der Waals surface area contributed by atoms with Gasteiger partial charge in [-0.3, -0.25) is 9.59 Å². The number of hydrogen-bond acceptors (Lipinski definition) is 4. The van der Waals surface area contributed by atoms with Gasteiger partial charge < -0.3 is 15.2 Å². The summed E-state index contributed by atoms with van der Waals surface area (Å²) < 4.78 is 42.9. The number of halogens is 3. The van der Waals surface area contributed by atoms with Crippen molar-refractivity contribution in [3.8, 4) is 11.6 Å². The molecule has 0 aliphatic carbocycles. The largest absolute Gasteiger partial charge is 0.481 e. The Hall–Kier alpha value is -3.10. The number of carboxylic acid groups (broad SMARTS) is 1. The van der Waals surface area contributed by atoms with Crippen molar-refractivity contribution in [2.45, 2.75) is 26.4 Å². The molecule has 1 aromatic carbocycles. The zero-order valence-corrected chi connectivity index (χ0v) is 15.2. The Morgan fingerprint density at radius 2 is 1.75 bits per heavy atom. The molecule has 0 saturated heterocycles. The normalized spacial score (nSPS) is 11.8. The number of hydrogen-bond donors (Lipinski definition) is 2. The maximum Gasteiger partial charge on any atom is 0.417 e. The van der Waals surface area contributed by atoms with Gasteiger partial charge in [-0.1, -0.05) is 0 Å². The molecule has 2 rings (SSSR count). The first kappa shape index (κ1) is 21.2. The van der Waals surface area contributed by atoms with Crippen molar-refractivity contribution < 1.29 is 32.6 Å². The Kier molecular flexibility index (Phi) is 6.27. The average molecular weight is 396 g/mol. The molecule has 1 heterocycles. The number of rotatable bonds is 7. The van der Waals surface area contributed by atoms with Gasteiger partial charge in [0, 0.05) is 24.4 Å². The van der Waals surface area contributed by atoms with E-state index in [1.807, 2.05) is 0 Å². The second-order valence-electron chi connectivity index (χ2n) is 6.70. The van der Waals surface area contributed by atoms with Gasteiger partial charge in [-0.25, -0.2) is 4.98 Å². The third-order valence-corrected chi connectivity index (χ3v) is 4.02. The Bertz CT molecular complexity index is 832. The highest BCUT2D eigenvalue weighted by atomic mass is 19.4. The molecule has 28 heavy (non-hydrogen) atoms. The lowest BCUT2D eigenvalue weighted by molar-refractivity contribution is -0.147. The molecule has 0 aliphatic heterocycles. The van der Waals surface area contributed by atoms with Gasteiger partial charge in [0.15, 0.2) is 0 Å². The first-order valence-corrected chi connectivity index (χ1v) is 8.32. The van der Waals surface area contributed by atoms with Crippen LogP contribution in [0, 0.1) is 5.41 Å². The molecule has 0 unspecified atom stereocenters. The first-order valence-electron chi connectivity index (χ1n) is 8.32. The molecule has 1 aromatic heterocycles. The third-order valence-electron chi connectivity index (χ3n) is 4.02. The molecule has 0 radical (unpaired) electrons. The molecule has 6 nitrogen and oxygen atoms in total. The number of pyridine rings is 1. The van der Waals surface area contributed by atoms with Crippen molar-refractivity contribution in [3.05, 3.63) is 53.7 Å². The fourth-order valence-corrected chi connectivity index (χ4v) is 2.10. The molecular weight excluding hydrogens is 377 g/mol. The lowest BCUT2D eigenvalue weighted by Crippen LogP contribution is -2.31. The van der Waals surface area contributed by atoms with Gasteiger partial charge in [0.05, 0.1) is 11.0 Å². The molecule has 0 fully saturated rings. The number of nitrogens with one attached hydrogen (secondary N) is 1. The lowest BCUT2D eigenvalue weighted by atomic mass is 9.90. The number of alkyl halides is 3. The number of nitrogens with zero attached hydrogens (tertiary/aromatic N) is 1. The molecule has 2 aromatic rings. The van der Waals surface area contributed by atoms with Crippen molar-refractivity contribution in [1.82, 2.24) is 10.3 Å². The van der Waals surface area contributed by atoms with Gasteiger partial charge in [0.25, 0.3) is 5.91 Å². The van der Waals surface area contributed by atoms with E-state index in [2.05, 4.69) is 10.3 Å². The van der Waals surface area contributed by atoms with Crippen LogP contribution >= 0.6 is 0 Å². The zero-order chi connectivity index (χ0) is 20.9. The highest BCUT2D eigenvalue weighted by Gasteiger charge is 2.30. The van der Waals surface area contributed by atoms with Crippen LogP contribution in [0.15, 0.2) is 42.6 Å². The smallest absolute Gasteiger partial charge is 0.417 e. The molecule has 0 aliphatic rings. The predicted molar refractivity (Wildman–Crippen MR) is 94.1 cm³/mol. The maximum absolute atomic E-state index is 12.5. The van der Waals surface area contributed by atoms with E-state index in [1.54, 1.807) is 13.8 Å². The van der Waals surface area contributed by atoms with Gasteiger partial charge in [-0.2, -0.15) is 13.2 Å². The fourth-order valence-electron chi connectivity index (χ4n) is 2.10.